The normalized spacial score (nSPS) is 10.9. The van der Waals surface area contributed by atoms with Crippen LogP contribution in [0.15, 0.2) is 47.3 Å². The number of fused-ring (bicyclic) bond motifs is 1. The largest absolute Gasteiger partial charge is 0.484 e. The van der Waals surface area contributed by atoms with Gasteiger partial charge in [0.15, 0.2) is 11.6 Å². The Balaban J connectivity index is 1.90. The van der Waals surface area contributed by atoms with Crippen molar-refractivity contribution < 1.29 is 13.5 Å². The maximum Gasteiger partial charge on any atom is 0.258 e. The van der Waals surface area contributed by atoms with Crippen LogP contribution < -0.4 is 10.3 Å². The highest BCUT2D eigenvalue weighted by Gasteiger charge is 2.08. The van der Waals surface area contributed by atoms with E-state index in [1.54, 1.807) is 25.1 Å². The van der Waals surface area contributed by atoms with E-state index in [4.69, 9.17) is 4.74 Å². The molecule has 6 heteroatoms. The average molecular weight is 302 g/mol. The highest BCUT2D eigenvalue weighted by atomic mass is 19.1. The van der Waals surface area contributed by atoms with Gasteiger partial charge in [0.25, 0.3) is 5.56 Å². The van der Waals surface area contributed by atoms with E-state index in [9.17, 15) is 13.6 Å². The molecule has 0 unspecified atom stereocenters. The SMILES string of the molecule is Cc1cccc2nc(COc3ccc(F)cc3F)cc(=O)n12. The molecule has 0 atom stereocenters. The van der Waals surface area contributed by atoms with Crippen molar-refractivity contribution in [3.8, 4) is 5.75 Å². The van der Waals surface area contributed by atoms with Crippen LogP contribution in [-0.4, -0.2) is 9.38 Å². The zero-order valence-corrected chi connectivity index (χ0v) is 11.7. The third-order valence-corrected chi connectivity index (χ3v) is 3.20. The van der Waals surface area contributed by atoms with Crippen molar-refractivity contribution in [2.45, 2.75) is 13.5 Å². The van der Waals surface area contributed by atoms with Gasteiger partial charge in [-0.3, -0.25) is 9.20 Å². The Morgan fingerprint density at radius 3 is 2.77 bits per heavy atom. The highest BCUT2D eigenvalue weighted by Crippen LogP contribution is 2.18. The molecule has 0 aliphatic heterocycles. The van der Waals surface area contributed by atoms with E-state index in [0.717, 1.165) is 17.8 Å². The number of rotatable bonds is 3. The van der Waals surface area contributed by atoms with Crippen molar-refractivity contribution in [3.05, 3.63) is 75.8 Å². The minimum Gasteiger partial charge on any atom is -0.484 e. The van der Waals surface area contributed by atoms with Crippen molar-refractivity contribution in [1.29, 1.82) is 0 Å². The first-order valence-corrected chi connectivity index (χ1v) is 6.61. The van der Waals surface area contributed by atoms with Crippen LogP contribution in [0.2, 0.25) is 0 Å². The van der Waals surface area contributed by atoms with E-state index >= 15 is 0 Å². The first-order chi connectivity index (χ1) is 10.5. The minimum atomic E-state index is -0.798. The fourth-order valence-electron chi connectivity index (χ4n) is 2.18. The molecule has 0 aliphatic carbocycles. The molecular weight excluding hydrogens is 290 g/mol. The summed E-state index contributed by atoms with van der Waals surface area (Å²) in [5.41, 5.74) is 1.40. The van der Waals surface area contributed by atoms with E-state index in [1.165, 1.54) is 16.5 Å². The monoisotopic (exact) mass is 302 g/mol. The second kappa shape index (κ2) is 5.55. The van der Waals surface area contributed by atoms with Gasteiger partial charge in [-0.15, -0.1) is 0 Å². The second-order valence-electron chi connectivity index (χ2n) is 4.81. The number of benzene rings is 1. The average Bonchev–Trinajstić information content (AvgIpc) is 2.46. The molecule has 0 radical (unpaired) electrons. The van der Waals surface area contributed by atoms with Crippen molar-refractivity contribution in [1.82, 2.24) is 9.38 Å². The Morgan fingerprint density at radius 2 is 2.00 bits per heavy atom. The van der Waals surface area contributed by atoms with Gasteiger partial charge in [0.1, 0.15) is 18.1 Å². The lowest BCUT2D eigenvalue weighted by molar-refractivity contribution is 0.285. The number of ether oxygens (including phenoxy) is 1. The van der Waals surface area contributed by atoms with E-state index in [1.807, 2.05) is 0 Å². The number of nitrogens with zero attached hydrogens (tertiary/aromatic N) is 2. The second-order valence-corrected chi connectivity index (χ2v) is 4.81. The molecule has 3 rings (SSSR count). The van der Waals surface area contributed by atoms with Gasteiger partial charge in [0.2, 0.25) is 0 Å². The topological polar surface area (TPSA) is 43.6 Å². The van der Waals surface area contributed by atoms with Crippen LogP contribution in [0.25, 0.3) is 5.65 Å². The van der Waals surface area contributed by atoms with Crippen molar-refractivity contribution in [3.63, 3.8) is 0 Å². The maximum absolute atomic E-state index is 13.5. The van der Waals surface area contributed by atoms with Gasteiger partial charge in [0, 0.05) is 17.8 Å². The van der Waals surface area contributed by atoms with Gasteiger partial charge >= 0.3 is 0 Å². The third-order valence-electron chi connectivity index (χ3n) is 3.20. The van der Waals surface area contributed by atoms with Crippen molar-refractivity contribution in [2.24, 2.45) is 0 Å². The summed E-state index contributed by atoms with van der Waals surface area (Å²) in [5, 5.41) is 0. The van der Waals surface area contributed by atoms with Crippen LogP contribution in [0.5, 0.6) is 5.75 Å². The Morgan fingerprint density at radius 1 is 1.18 bits per heavy atom. The lowest BCUT2D eigenvalue weighted by atomic mass is 10.3. The summed E-state index contributed by atoms with van der Waals surface area (Å²) in [7, 11) is 0. The molecule has 0 spiro atoms. The number of halogens is 2. The van der Waals surface area contributed by atoms with Gasteiger partial charge < -0.3 is 4.74 Å². The molecule has 0 saturated heterocycles. The number of aryl methyl sites for hydroxylation is 1. The molecule has 4 nitrogen and oxygen atoms in total. The van der Waals surface area contributed by atoms with Crippen LogP contribution in [0.4, 0.5) is 8.78 Å². The Bertz CT molecular complexity index is 906. The molecule has 0 amide bonds. The molecule has 2 heterocycles. The number of hydrogen-bond donors (Lipinski definition) is 0. The number of pyridine rings is 1. The van der Waals surface area contributed by atoms with Crippen LogP contribution in [-0.2, 0) is 6.61 Å². The molecule has 2 aromatic heterocycles. The molecule has 3 aromatic rings. The Hall–Kier alpha value is -2.76. The zero-order chi connectivity index (χ0) is 15.7. The van der Waals surface area contributed by atoms with Crippen LogP contribution >= 0.6 is 0 Å². The lowest BCUT2D eigenvalue weighted by Gasteiger charge is -2.09. The van der Waals surface area contributed by atoms with E-state index < -0.39 is 11.6 Å². The summed E-state index contributed by atoms with van der Waals surface area (Å²) in [6.07, 6.45) is 0. The first-order valence-electron chi connectivity index (χ1n) is 6.61. The fraction of sp³-hybridized carbons (Fsp3) is 0.125. The van der Waals surface area contributed by atoms with Gasteiger partial charge in [-0.25, -0.2) is 13.8 Å². The number of aromatic nitrogens is 2. The van der Waals surface area contributed by atoms with Crippen LogP contribution in [0.3, 0.4) is 0 Å². The Kier molecular flexibility index (Phi) is 3.58. The minimum absolute atomic E-state index is 0.0811. The maximum atomic E-state index is 13.5. The zero-order valence-electron chi connectivity index (χ0n) is 11.7. The summed E-state index contributed by atoms with van der Waals surface area (Å²) >= 11 is 0. The molecule has 0 N–H and O–H groups in total. The quantitative estimate of drug-likeness (QED) is 0.747. The molecular formula is C16H12F2N2O2. The van der Waals surface area contributed by atoms with E-state index in [-0.39, 0.29) is 17.9 Å². The standard InChI is InChI=1S/C16H12F2N2O2/c1-10-3-2-4-15-19-12(8-16(21)20(10)15)9-22-14-6-5-11(17)7-13(14)18/h2-8H,9H2,1H3. The molecule has 112 valence electrons. The molecule has 0 aliphatic rings. The lowest BCUT2D eigenvalue weighted by Crippen LogP contribution is -2.18. The van der Waals surface area contributed by atoms with Gasteiger partial charge in [-0.05, 0) is 31.2 Å². The smallest absolute Gasteiger partial charge is 0.258 e. The van der Waals surface area contributed by atoms with Gasteiger partial charge in [-0.1, -0.05) is 6.07 Å². The summed E-state index contributed by atoms with van der Waals surface area (Å²) in [6.45, 7) is 1.72. The van der Waals surface area contributed by atoms with Crippen molar-refractivity contribution >= 4 is 5.65 Å². The molecule has 0 saturated carbocycles. The summed E-state index contributed by atoms with van der Waals surface area (Å²) < 4.78 is 33.0. The predicted octanol–water partition coefficient (Wildman–Crippen LogP) is 2.86. The summed E-state index contributed by atoms with van der Waals surface area (Å²) in [6, 6.07) is 9.67. The van der Waals surface area contributed by atoms with Gasteiger partial charge in [0.05, 0.1) is 5.69 Å². The van der Waals surface area contributed by atoms with Crippen LogP contribution in [0, 0.1) is 18.6 Å². The molecule has 0 fully saturated rings. The van der Waals surface area contributed by atoms with Crippen molar-refractivity contribution in [2.75, 3.05) is 0 Å². The number of hydrogen-bond acceptors (Lipinski definition) is 3. The van der Waals surface area contributed by atoms with Crippen LogP contribution in [0.1, 0.15) is 11.4 Å². The highest BCUT2D eigenvalue weighted by molar-refractivity contribution is 5.40. The molecule has 0 bridgehead atoms. The van der Waals surface area contributed by atoms with E-state index in [0.29, 0.717) is 11.3 Å². The first kappa shape index (κ1) is 14.2. The fourth-order valence-corrected chi connectivity index (χ4v) is 2.18. The summed E-state index contributed by atoms with van der Waals surface area (Å²) in [5.74, 6) is -1.57. The summed E-state index contributed by atoms with van der Waals surface area (Å²) in [4.78, 5) is 16.4. The third kappa shape index (κ3) is 2.67. The molecule has 1 aromatic carbocycles. The van der Waals surface area contributed by atoms with E-state index in [2.05, 4.69) is 4.98 Å². The Labute approximate surface area is 124 Å². The van der Waals surface area contributed by atoms with Gasteiger partial charge in [-0.2, -0.15) is 0 Å². The molecule has 22 heavy (non-hydrogen) atoms. The predicted molar refractivity (Wildman–Crippen MR) is 76.9 cm³/mol.